The maximum atomic E-state index is 13.7. The first kappa shape index (κ1) is 17.9. The first-order valence-corrected chi connectivity index (χ1v) is 8.37. The van der Waals surface area contributed by atoms with Crippen molar-refractivity contribution in [1.82, 2.24) is 0 Å². The minimum absolute atomic E-state index is 0.0224. The SMILES string of the molecule is COC(=O)c1ccc2c(c1)CCN2C(=O)CCc1ccc(OC)c(F)c1. The second-order valence-corrected chi connectivity index (χ2v) is 6.10. The Kier molecular flexibility index (Phi) is 5.21. The minimum Gasteiger partial charge on any atom is -0.494 e. The van der Waals surface area contributed by atoms with Crippen LogP contribution in [0.1, 0.15) is 27.9 Å². The van der Waals surface area contributed by atoms with Gasteiger partial charge >= 0.3 is 5.97 Å². The maximum Gasteiger partial charge on any atom is 0.337 e. The van der Waals surface area contributed by atoms with Crippen molar-refractivity contribution in [2.75, 3.05) is 25.7 Å². The van der Waals surface area contributed by atoms with Crippen LogP contribution in [-0.4, -0.2) is 32.6 Å². The third kappa shape index (κ3) is 3.54. The molecule has 26 heavy (non-hydrogen) atoms. The molecule has 5 nitrogen and oxygen atoms in total. The van der Waals surface area contributed by atoms with Crippen molar-refractivity contribution in [3.8, 4) is 5.75 Å². The van der Waals surface area contributed by atoms with Crippen molar-refractivity contribution in [1.29, 1.82) is 0 Å². The molecular formula is C20H20FNO4. The number of fused-ring (bicyclic) bond motifs is 1. The van der Waals surface area contributed by atoms with Crippen molar-refractivity contribution in [3.63, 3.8) is 0 Å². The number of halogens is 1. The van der Waals surface area contributed by atoms with E-state index in [1.165, 1.54) is 20.3 Å². The second kappa shape index (κ2) is 7.56. The summed E-state index contributed by atoms with van der Waals surface area (Å²) in [7, 11) is 2.76. The Morgan fingerprint density at radius 1 is 1.15 bits per heavy atom. The molecule has 2 aromatic carbocycles. The Hall–Kier alpha value is -2.89. The molecule has 0 unspecified atom stereocenters. The number of hydrogen-bond acceptors (Lipinski definition) is 4. The lowest BCUT2D eigenvalue weighted by atomic mass is 10.1. The number of methoxy groups -OCH3 is 2. The summed E-state index contributed by atoms with van der Waals surface area (Å²) in [6, 6.07) is 9.93. The average Bonchev–Trinajstić information content (AvgIpc) is 3.08. The van der Waals surface area contributed by atoms with Gasteiger partial charge in [-0.2, -0.15) is 0 Å². The zero-order valence-electron chi connectivity index (χ0n) is 14.8. The molecule has 6 heteroatoms. The number of benzene rings is 2. The summed E-state index contributed by atoms with van der Waals surface area (Å²) in [5.74, 6) is -0.654. The smallest absolute Gasteiger partial charge is 0.337 e. The van der Waals surface area contributed by atoms with Gasteiger partial charge < -0.3 is 14.4 Å². The zero-order valence-corrected chi connectivity index (χ0v) is 14.8. The zero-order chi connectivity index (χ0) is 18.7. The molecule has 136 valence electrons. The lowest BCUT2D eigenvalue weighted by Gasteiger charge is -2.17. The predicted octanol–water partition coefficient (Wildman–Crippen LogP) is 3.14. The van der Waals surface area contributed by atoms with Gasteiger partial charge in [0.05, 0.1) is 19.8 Å². The summed E-state index contributed by atoms with van der Waals surface area (Å²) in [6.45, 7) is 0.579. The van der Waals surface area contributed by atoms with Crippen LogP contribution in [0.25, 0.3) is 0 Å². The molecule has 0 saturated carbocycles. The first-order valence-electron chi connectivity index (χ1n) is 8.37. The molecule has 1 aliphatic rings. The van der Waals surface area contributed by atoms with Crippen LogP contribution in [0.2, 0.25) is 0 Å². The highest BCUT2D eigenvalue weighted by molar-refractivity contribution is 5.97. The number of rotatable bonds is 5. The fraction of sp³-hybridized carbons (Fsp3) is 0.300. The lowest BCUT2D eigenvalue weighted by molar-refractivity contribution is -0.118. The van der Waals surface area contributed by atoms with Gasteiger partial charge in [0.1, 0.15) is 0 Å². The number of nitrogens with zero attached hydrogens (tertiary/aromatic N) is 1. The predicted molar refractivity (Wildman–Crippen MR) is 95.1 cm³/mol. The molecule has 1 aliphatic heterocycles. The van der Waals surface area contributed by atoms with Gasteiger partial charge in [-0.25, -0.2) is 9.18 Å². The molecule has 0 fully saturated rings. The number of amides is 1. The van der Waals surface area contributed by atoms with E-state index in [9.17, 15) is 14.0 Å². The van der Waals surface area contributed by atoms with Crippen LogP contribution >= 0.6 is 0 Å². The summed E-state index contributed by atoms with van der Waals surface area (Å²) >= 11 is 0. The Bertz CT molecular complexity index is 850. The van der Waals surface area contributed by atoms with Gasteiger partial charge in [-0.05, 0) is 54.3 Å². The first-order chi connectivity index (χ1) is 12.5. The number of ether oxygens (including phenoxy) is 2. The van der Waals surface area contributed by atoms with E-state index < -0.39 is 5.82 Å². The maximum absolute atomic E-state index is 13.7. The van der Waals surface area contributed by atoms with Crippen molar-refractivity contribution < 1.29 is 23.5 Å². The van der Waals surface area contributed by atoms with Gasteiger partial charge in [0.15, 0.2) is 11.6 Å². The lowest BCUT2D eigenvalue weighted by Crippen LogP contribution is -2.29. The summed E-state index contributed by atoms with van der Waals surface area (Å²) in [5.41, 5.74) is 3.01. The molecule has 0 aromatic heterocycles. The monoisotopic (exact) mass is 357 g/mol. The number of anilines is 1. The van der Waals surface area contributed by atoms with E-state index in [0.717, 1.165) is 16.8 Å². The number of aryl methyl sites for hydroxylation is 1. The van der Waals surface area contributed by atoms with Crippen LogP contribution in [0, 0.1) is 5.82 Å². The molecule has 2 aromatic rings. The highest BCUT2D eigenvalue weighted by Gasteiger charge is 2.25. The molecule has 0 aliphatic carbocycles. The molecular weight excluding hydrogens is 337 g/mol. The normalized spacial score (nSPS) is 12.7. The molecule has 0 saturated heterocycles. The van der Waals surface area contributed by atoms with Crippen molar-refractivity contribution >= 4 is 17.6 Å². The fourth-order valence-electron chi connectivity index (χ4n) is 3.16. The number of carbonyl (C=O) groups is 2. The van der Waals surface area contributed by atoms with Crippen LogP contribution < -0.4 is 9.64 Å². The van der Waals surface area contributed by atoms with E-state index >= 15 is 0 Å². The van der Waals surface area contributed by atoms with Crippen LogP contribution in [0.15, 0.2) is 36.4 Å². The standard InChI is InChI=1S/C20H20FNO4/c1-25-18-7-3-13(11-16(18)21)4-8-19(23)22-10-9-14-12-15(20(24)26-2)5-6-17(14)22/h3,5-7,11-12H,4,8-10H2,1-2H3. The fourth-order valence-corrected chi connectivity index (χ4v) is 3.16. The second-order valence-electron chi connectivity index (χ2n) is 6.10. The van der Waals surface area contributed by atoms with E-state index in [-0.39, 0.29) is 24.0 Å². The van der Waals surface area contributed by atoms with E-state index in [2.05, 4.69) is 0 Å². The molecule has 0 bridgehead atoms. The third-order valence-electron chi connectivity index (χ3n) is 4.54. The number of carbonyl (C=O) groups excluding carboxylic acids is 2. The van der Waals surface area contributed by atoms with Crippen LogP contribution in [0.4, 0.5) is 10.1 Å². The largest absolute Gasteiger partial charge is 0.494 e. The van der Waals surface area contributed by atoms with Gasteiger partial charge in [-0.1, -0.05) is 6.07 Å². The van der Waals surface area contributed by atoms with E-state index in [4.69, 9.17) is 9.47 Å². The van der Waals surface area contributed by atoms with Crippen molar-refractivity contribution in [2.24, 2.45) is 0 Å². The topological polar surface area (TPSA) is 55.8 Å². The summed E-state index contributed by atoms with van der Waals surface area (Å²) in [4.78, 5) is 25.9. The molecule has 1 heterocycles. The summed E-state index contributed by atoms with van der Waals surface area (Å²) < 4.78 is 23.4. The molecule has 0 spiro atoms. The summed E-state index contributed by atoms with van der Waals surface area (Å²) in [6.07, 6.45) is 1.43. The van der Waals surface area contributed by atoms with E-state index in [0.29, 0.717) is 24.9 Å². The van der Waals surface area contributed by atoms with Crippen molar-refractivity contribution in [3.05, 3.63) is 58.9 Å². The Morgan fingerprint density at radius 2 is 1.96 bits per heavy atom. The third-order valence-corrected chi connectivity index (χ3v) is 4.54. The Balaban J connectivity index is 1.67. The van der Waals surface area contributed by atoms with Crippen LogP contribution in [-0.2, 0) is 22.4 Å². The number of hydrogen-bond donors (Lipinski definition) is 0. The van der Waals surface area contributed by atoms with Gasteiger partial charge in [0, 0.05) is 18.7 Å². The highest BCUT2D eigenvalue weighted by atomic mass is 19.1. The van der Waals surface area contributed by atoms with E-state index in [1.54, 1.807) is 35.2 Å². The summed E-state index contributed by atoms with van der Waals surface area (Å²) in [5, 5.41) is 0. The quantitative estimate of drug-likeness (QED) is 0.772. The van der Waals surface area contributed by atoms with Gasteiger partial charge in [-0.3, -0.25) is 4.79 Å². The molecule has 0 radical (unpaired) electrons. The van der Waals surface area contributed by atoms with Gasteiger partial charge in [-0.15, -0.1) is 0 Å². The highest BCUT2D eigenvalue weighted by Crippen LogP contribution is 2.30. The van der Waals surface area contributed by atoms with Gasteiger partial charge in [0.25, 0.3) is 0 Å². The average molecular weight is 357 g/mol. The molecule has 1 amide bonds. The van der Waals surface area contributed by atoms with E-state index in [1.807, 2.05) is 0 Å². The van der Waals surface area contributed by atoms with Crippen LogP contribution in [0.5, 0.6) is 5.75 Å². The number of esters is 1. The molecule has 3 rings (SSSR count). The van der Waals surface area contributed by atoms with Gasteiger partial charge in [0.2, 0.25) is 5.91 Å². The van der Waals surface area contributed by atoms with Crippen molar-refractivity contribution in [2.45, 2.75) is 19.3 Å². The van der Waals surface area contributed by atoms with Crippen LogP contribution in [0.3, 0.4) is 0 Å². The minimum atomic E-state index is -0.431. The Morgan fingerprint density at radius 3 is 2.65 bits per heavy atom. The molecule has 0 atom stereocenters. The Labute approximate surface area is 151 Å². The molecule has 0 N–H and O–H groups in total.